The van der Waals surface area contributed by atoms with Crippen LogP contribution in [0.1, 0.15) is 21.7 Å². The Morgan fingerprint density at radius 2 is 1.70 bits per heavy atom. The molecule has 1 heterocycles. The Morgan fingerprint density at radius 1 is 0.933 bits per heavy atom. The minimum atomic E-state index is -0.576. The summed E-state index contributed by atoms with van der Waals surface area (Å²) in [5, 5.41) is 7.01. The summed E-state index contributed by atoms with van der Waals surface area (Å²) >= 11 is 0. The molecule has 0 spiro atoms. The van der Waals surface area contributed by atoms with E-state index in [1.165, 1.54) is 30.3 Å². The number of rotatable bonds is 4. The Balaban J connectivity index is 1.80. The molecule has 0 bridgehead atoms. The van der Waals surface area contributed by atoms with E-state index in [-0.39, 0.29) is 11.6 Å². The minimum absolute atomic E-state index is 0.0838. The molecule has 0 aliphatic heterocycles. The highest BCUT2D eigenvalue weighted by Gasteiger charge is 2.20. The topological polar surface area (TPSA) is 59.8 Å². The number of hydrogen-bond donors (Lipinski definition) is 1. The zero-order chi connectivity index (χ0) is 21.3. The summed E-state index contributed by atoms with van der Waals surface area (Å²) in [6, 6.07) is 17.2. The zero-order valence-electron chi connectivity index (χ0n) is 16.4. The van der Waals surface area contributed by atoms with Crippen LogP contribution in [-0.4, -0.2) is 20.7 Å². The van der Waals surface area contributed by atoms with Crippen molar-refractivity contribution in [3.8, 4) is 17.1 Å². The summed E-state index contributed by atoms with van der Waals surface area (Å²) in [5.41, 5.74) is 3.61. The lowest BCUT2D eigenvalue weighted by Crippen LogP contribution is -2.14. The molecule has 7 heteroatoms. The Kier molecular flexibility index (Phi) is 5.10. The van der Waals surface area contributed by atoms with Gasteiger partial charge in [0.05, 0.1) is 5.69 Å². The predicted molar refractivity (Wildman–Crippen MR) is 111 cm³/mol. The van der Waals surface area contributed by atoms with Crippen molar-refractivity contribution in [1.82, 2.24) is 14.8 Å². The molecule has 3 aromatic carbocycles. The van der Waals surface area contributed by atoms with Gasteiger partial charge in [-0.15, -0.1) is 5.10 Å². The highest BCUT2D eigenvalue weighted by atomic mass is 19.1. The fourth-order valence-electron chi connectivity index (χ4n) is 3.06. The van der Waals surface area contributed by atoms with Gasteiger partial charge in [0.15, 0.2) is 5.82 Å². The van der Waals surface area contributed by atoms with Gasteiger partial charge in [0.25, 0.3) is 5.91 Å². The highest BCUT2D eigenvalue weighted by Crippen LogP contribution is 2.24. The number of hydrogen-bond acceptors (Lipinski definition) is 3. The first-order valence-corrected chi connectivity index (χ1v) is 9.28. The monoisotopic (exact) mass is 404 g/mol. The van der Waals surface area contributed by atoms with Crippen LogP contribution in [0.3, 0.4) is 0 Å². The average Bonchev–Trinajstić information content (AvgIpc) is 3.16. The maximum atomic E-state index is 13.4. The van der Waals surface area contributed by atoms with Crippen molar-refractivity contribution in [2.45, 2.75) is 13.8 Å². The molecule has 0 saturated heterocycles. The van der Waals surface area contributed by atoms with Gasteiger partial charge in [0.2, 0.25) is 5.82 Å². The van der Waals surface area contributed by atoms with E-state index < -0.39 is 11.7 Å². The first kappa shape index (κ1) is 19.4. The van der Waals surface area contributed by atoms with Crippen LogP contribution >= 0.6 is 0 Å². The average molecular weight is 404 g/mol. The molecule has 0 radical (unpaired) electrons. The summed E-state index contributed by atoms with van der Waals surface area (Å²) in [7, 11) is 0. The van der Waals surface area contributed by atoms with E-state index in [2.05, 4.69) is 15.4 Å². The third-order valence-electron chi connectivity index (χ3n) is 4.59. The molecular formula is C23H18F2N4O. The number of aryl methyl sites for hydroxylation is 2. The van der Waals surface area contributed by atoms with E-state index in [0.717, 1.165) is 16.8 Å². The van der Waals surface area contributed by atoms with Crippen LogP contribution in [0, 0.1) is 25.5 Å². The highest BCUT2D eigenvalue weighted by molar-refractivity contribution is 6.01. The molecule has 0 fully saturated rings. The quantitative estimate of drug-likeness (QED) is 0.516. The summed E-state index contributed by atoms with van der Waals surface area (Å²) in [5.74, 6) is -1.10. The molecule has 4 rings (SSSR count). The van der Waals surface area contributed by atoms with Gasteiger partial charge in [0.1, 0.15) is 11.6 Å². The summed E-state index contributed by atoms with van der Waals surface area (Å²) < 4.78 is 28.4. The zero-order valence-corrected chi connectivity index (χ0v) is 16.4. The number of carbonyl (C=O) groups excluding carboxylic acids is 1. The van der Waals surface area contributed by atoms with E-state index in [9.17, 15) is 13.6 Å². The maximum Gasteiger partial charge on any atom is 0.295 e. The van der Waals surface area contributed by atoms with Gasteiger partial charge in [-0.25, -0.2) is 18.4 Å². The number of aromatic nitrogens is 3. The van der Waals surface area contributed by atoms with Crippen molar-refractivity contribution >= 4 is 11.6 Å². The minimum Gasteiger partial charge on any atom is -0.319 e. The van der Waals surface area contributed by atoms with E-state index in [0.29, 0.717) is 17.1 Å². The Bertz CT molecular complexity index is 1230. The summed E-state index contributed by atoms with van der Waals surface area (Å²) in [4.78, 5) is 17.1. The lowest BCUT2D eigenvalue weighted by Gasteiger charge is -2.10. The third-order valence-corrected chi connectivity index (χ3v) is 4.59. The van der Waals surface area contributed by atoms with Gasteiger partial charge in [0, 0.05) is 11.3 Å². The molecule has 0 aliphatic carbocycles. The van der Waals surface area contributed by atoms with Gasteiger partial charge in [-0.05, 0) is 73.5 Å². The van der Waals surface area contributed by atoms with E-state index in [1.807, 2.05) is 32.0 Å². The van der Waals surface area contributed by atoms with Gasteiger partial charge in [-0.3, -0.25) is 4.79 Å². The molecular weight excluding hydrogens is 386 g/mol. The largest absolute Gasteiger partial charge is 0.319 e. The first-order valence-electron chi connectivity index (χ1n) is 9.28. The second kappa shape index (κ2) is 7.87. The molecule has 30 heavy (non-hydrogen) atoms. The Hall–Kier alpha value is -3.87. The molecule has 0 atom stereocenters. The van der Waals surface area contributed by atoms with Crippen LogP contribution in [0.2, 0.25) is 0 Å². The number of nitrogens with one attached hydrogen (secondary N) is 1. The van der Waals surface area contributed by atoms with Crippen LogP contribution in [-0.2, 0) is 0 Å². The standard InChI is InChI=1S/C23H18F2N4O/c1-14-6-7-15(2)20(12-14)29-22(16-8-10-17(24)11-9-16)27-21(28-29)23(30)26-19-5-3-4-18(25)13-19/h3-13H,1-2H3,(H,26,30). The van der Waals surface area contributed by atoms with Crippen molar-refractivity contribution in [2.75, 3.05) is 5.32 Å². The second-order valence-electron chi connectivity index (χ2n) is 6.93. The molecule has 0 aliphatic rings. The lowest BCUT2D eigenvalue weighted by molar-refractivity contribution is 0.101. The van der Waals surface area contributed by atoms with Crippen LogP contribution in [0.15, 0.2) is 66.7 Å². The van der Waals surface area contributed by atoms with Gasteiger partial charge in [-0.1, -0.05) is 18.2 Å². The SMILES string of the molecule is Cc1ccc(C)c(-n2nc(C(=O)Nc3cccc(F)c3)nc2-c2ccc(F)cc2)c1. The maximum absolute atomic E-state index is 13.4. The number of anilines is 1. The van der Waals surface area contributed by atoms with Crippen molar-refractivity contribution in [3.63, 3.8) is 0 Å². The number of benzene rings is 3. The molecule has 0 unspecified atom stereocenters. The van der Waals surface area contributed by atoms with Crippen LogP contribution < -0.4 is 5.32 Å². The van der Waals surface area contributed by atoms with Gasteiger partial charge < -0.3 is 5.32 Å². The first-order chi connectivity index (χ1) is 14.4. The molecule has 4 aromatic rings. The fourth-order valence-corrected chi connectivity index (χ4v) is 3.06. The lowest BCUT2D eigenvalue weighted by atomic mass is 10.1. The fraction of sp³-hybridized carbons (Fsp3) is 0.0870. The van der Waals surface area contributed by atoms with E-state index in [1.54, 1.807) is 22.9 Å². The molecule has 1 amide bonds. The Labute approximate surface area is 172 Å². The van der Waals surface area contributed by atoms with Crippen molar-refractivity contribution in [1.29, 1.82) is 0 Å². The second-order valence-corrected chi connectivity index (χ2v) is 6.93. The number of halogens is 2. The van der Waals surface area contributed by atoms with Crippen LogP contribution in [0.25, 0.3) is 17.1 Å². The van der Waals surface area contributed by atoms with Gasteiger partial charge in [-0.2, -0.15) is 0 Å². The van der Waals surface area contributed by atoms with Crippen molar-refractivity contribution < 1.29 is 13.6 Å². The normalized spacial score (nSPS) is 10.8. The van der Waals surface area contributed by atoms with E-state index >= 15 is 0 Å². The van der Waals surface area contributed by atoms with E-state index in [4.69, 9.17) is 0 Å². The molecule has 0 saturated carbocycles. The predicted octanol–water partition coefficient (Wildman–Crippen LogP) is 5.08. The van der Waals surface area contributed by atoms with Crippen molar-refractivity contribution in [2.24, 2.45) is 0 Å². The number of carbonyl (C=O) groups is 1. The molecule has 1 aromatic heterocycles. The van der Waals surface area contributed by atoms with Crippen LogP contribution in [0.4, 0.5) is 14.5 Å². The van der Waals surface area contributed by atoms with Gasteiger partial charge >= 0.3 is 0 Å². The van der Waals surface area contributed by atoms with Crippen LogP contribution in [0.5, 0.6) is 0 Å². The molecule has 150 valence electrons. The van der Waals surface area contributed by atoms with Crippen molar-refractivity contribution in [3.05, 3.63) is 95.3 Å². The number of nitrogens with zero attached hydrogens (tertiary/aromatic N) is 3. The molecule has 1 N–H and O–H groups in total. The third kappa shape index (κ3) is 3.96. The smallest absolute Gasteiger partial charge is 0.295 e. The summed E-state index contributed by atoms with van der Waals surface area (Å²) in [6.45, 7) is 3.88. The summed E-state index contributed by atoms with van der Waals surface area (Å²) in [6.07, 6.45) is 0. The number of amides is 1. The Morgan fingerprint density at radius 3 is 2.43 bits per heavy atom. The molecule has 5 nitrogen and oxygen atoms in total.